The molecule has 0 aliphatic heterocycles. The van der Waals surface area contributed by atoms with Gasteiger partial charge in [-0.3, -0.25) is 0 Å². The van der Waals surface area contributed by atoms with Crippen molar-refractivity contribution >= 4 is 29.0 Å². The maximum Gasteiger partial charge on any atom is 0.323 e. The first kappa shape index (κ1) is 17.8. The highest BCUT2D eigenvalue weighted by Crippen LogP contribution is 2.25. The van der Waals surface area contributed by atoms with Crippen LogP contribution in [-0.4, -0.2) is 16.2 Å². The first-order valence-corrected chi connectivity index (χ1v) is 8.88. The number of hydrogen-bond donors (Lipinski definition) is 2. The molecule has 1 aromatic heterocycles. The van der Waals surface area contributed by atoms with Crippen molar-refractivity contribution < 1.29 is 9.21 Å². The first-order valence-electron chi connectivity index (χ1n) is 8.50. The Bertz CT molecular complexity index is 1110. The van der Waals surface area contributed by atoms with Crippen LogP contribution in [0.1, 0.15) is 0 Å². The van der Waals surface area contributed by atoms with Crippen LogP contribution in [0.3, 0.4) is 0 Å². The fourth-order valence-corrected chi connectivity index (χ4v) is 2.82. The van der Waals surface area contributed by atoms with Gasteiger partial charge in [-0.15, -0.1) is 10.2 Å². The molecule has 1 heterocycles. The largest absolute Gasteiger partial charge is 0.416 e. The van der Waals surface area contributed by atoms with Gasteiger partial charge in [0.15, 0.2) is 0 Å². The van der Waals surface area contributed by atoms with E-state index < -0.39 is 0 Å². The molecule has 0 saturated heterocycles. The van der Waals surface area contributed by atoms with Crippen molar-refractivity contribution in [3.05, 3.63) is 83.9 Å². The molecule has 28 heavy (non-hydrogen) atoms. The number of hydrogen-bond acceptors (Lipinski definition) is 4. The van der Waals surface area contributed by atoms with Crippen LogP contribution >= 0.6 is 11.6 Å². The van der Waals surface area contributed by atoms with Crippen LogP contribution in [0.15, 0.2) is 83.3 Å². The van der Waals surface area contributed by atoms with E-state index in [2.05, 4.69) is 20.8 Å². The standard InChI is InChI=1S/C21H15ClN4O2/c22-16-9-5-11-18(13-16)24-21(27)23-17-10-4-8-15(12-17)20-26-25-19(28-20)14-6-2-1-3-7-14/h1-13H,(H2,23,24,27). The highest BCUT2D eigenvalue weighted by atomic mass is 35.5. The van der Waals surface area contributed by atoms with Gasteiger partial charge in [-0.2, -0.15) is 0 Å². The van der Waals surface area contributed by atoms with Crippen molar-refractivity contribution in [2.75, 3.05) is 10.6 Å². The average Bonchev–Trinajstić information content (AvgIpc) is 3.19. The SMILES string of the molecule is O=C(Nc1cccc(Cl)c1)Nc1cccc(-c2nnc(-c3ccccc3)o2)c1. The number of aromatic nitrogens is 2. The zero-order valence-electron chi connectivity index (χ0n) is 14.6. The predicted octanol–water partition coefficient (Wildman–Crippen LogP) is 5.70. The van der Waals surface area contributed by atoms with Crippen molar-refractivity contribution in [2.45, 2.75) is 0 Å². The van der Waals surface area contributed by atoms with Gasteiger partial charge in [0.25, 0.3) is 0 Å². The molecule has 4 aromatic rings. The maximum atomic E-state index is 12.2. The van der Waals surface area contributed by atoms with Gasteiger partial charge in [-0.1, -0.05) is 41.9 Å². The second kappa shape index (κ2) is 7.94. The Hall–Kier alpha value is -3.64. The molecule has 0 aliphatic carbocycles. The minimum Gasteiger partial charge on any atom is -0.416 e. The minimum absolute atomic E-state index is 0.373. The van der Waals surface area contributed by atoms with E-state index in [9.17, 15) is 4.79 Å². The van der Waals surface area contributed by atoms with Crippen LogP contribution in [0.2, 0.25) is 5.02 Å². The number of nitrogens with one attached hydrogen (secondary N) is 2. The highest BCUT2D eigenvalue weighted by Gasteiger charge is 2.11. The molecule has 0 unspecified atom stereocenters. The quantitative estimate of drug-likeness (QED) is 0.468. The van der Waals surface area contributed by atoms with Gasteiger partial charge in [-0.05, 0) is 48.5 Å². The Morgan fingerprint density at radius 1 is 0.750 bits per heavy atom. The van der Waals surface area contributed by atoms with Crippen LogP contribution in [-0.2, 0) is 0 Å². The van der Waals surface area contributed by atoms with Crippen LogP contribution in [0.5, 0.6) is 0 Å². The lowest BCUT2D eigenvalue weighted by Crippen LogP contribution is -2.19. The van der Waals surface area contributed by atoms with E-state index >= 15 is 0 Å². The lowest BCUT2D eigenvalue weighted by molar-refractivity contribution is 0.262. The first-order chi connectivity index (χ1) is 13.7. The third-order valence-corrected chi connectivity index (χ3v) is 4.13. The van der Waals surface area contributed by atoms with Crippen molar-refractivity contribution in [2.24, 2.45) is 0 Å². The predicted molar refractivity (Wildman–Crippen MR) is 109 cm³/mol. The Morgan fingerprint density at radius 3 is 2.07 bits per heavy atom. The number of carbonyl (C=O) groups excluding carboxylic acids is 1. The van der Waals surface area contributed by atoms with Crippen LogP contribution in [0, 0.1) is 0 Å². The zero-order chi connectivity index (χ0) is 19.3. The molecule has 0 bridgehead atoms. The Kier molecular flexibility index (Phi) is 5.03. The summed E-state index contributed by atoms with van der Waals surface area (Å²) in [4.78, 5) is 12.2. The summed E-state index contributed by atoms with van der Waals surface area (Å²) >= 11 is 5.93. The van der Waals surface area contributed by atoms with E-state index in [1.807, 2.05) is 36.4 Å². The monoisotopic (exact) mass is 390 g/mol. The van der Waals surface area contributed by atoms with Gasteiger partial charge in [-0.25, -0.2) is 4.79 Å². The van der Waals surface area contributed by atoms with E-state index in [-0.39, 0.29) is 6.03 Å². The molecule has 6 nitrogen and oxygen atoms in total. The van der Waals surface area contributed by atoms with E-state index in [0.29, 0.717) is 33.7 Å². The third-order valence-electron chi connectivity index (χ3n) is 3.90. The molecule has 2 amide bonds. The Labute approximate surface area is 166 Å². The second-order valence-corrected chi connectivity index (χ2v) is 6.39. The summed E-state index contributed by atoms with van der Waals surface area (Å²) in [5.41, 5.74) is 2.74. The summed E-state index contributed by atoms with van der Waals surface area (Å²) in [7, 11) is 0. The minimum atomic E-state index is -0.380. The van der Waals surface area contributed by atoms with Crippen LogP contribution < -0.4 is 10.6 Å². The van der Waals surface area contributed by atoms with E-state index in [1.54, 1.807) is 42.5 Å². The average molecular weight is 391 g/mol. The summed E-state index contributed by atoms with van der Waals surface area (Å²) in [6.45, 7) is 0. The molecule has 0 spiro atoms. The topological polar surface area (TPSA) is 80.0 Å². The van der Waals surface area contributed by atoms with Crippen molar-refractivity contribution in [3.8, 4) is 22.9 Å². The van der Waals surface area contributed by atoms with Crippen LogP contribution in [0.25, 0.3) is 22.9 Å². The number of carbonyl (C=O) groups is 1. The summed E-state index contributed by atoms with van der Waals surface area (Å²) in [6.07, 6.45) is 0. The van der Waals surface area contributed by atoms with Crippen molar-refractivity contribution in [3.63, 3.8) is 0 Å². The fourth-order valence-electron chi connectivity index (χ4n) is 2.63. The van der Waals surface area contributed by atoms with Crippen molar-refractivity contribution in [1.29, 1.82) is 0 Å². The number of urea groups is 1. The normalized spacial score (nSPS) is 10.5. The molecule has 0 fully saturated rings. The van der Waals surface area contributed by atoms with Gasteiger partial charge in [0.05, 0.1) is 0 Å². The Morgan fingerprint density at radius 2 is 1.36 bits per heavy atom. The van der Waals surface area contributed by atoms with E-state index in [4.69, 9.17) is 16.0 Å². The molecular formula is C21H15ClN4O2. The number of amides is 2. The maximum absolute atomic E-state index is 12.2. The summed E-state index contributed by atoms with van der Waals surface area (Å²) in [6, 6.07) is 23.2. The molecule has 3 aromatic carbocycles. The Balaban J connectivity index is 1.49. The molecule has 0 saturated carbocycles. The van der Waals surface area contributed by atoms with Gasteiger partial charge >= 0.3 is 6.03 Å². The van der Waals surface area contributed by atoms with Gasteiger partial charge in [0.1, 0.15) is 0 Å². The molecule has 138 valence electrons. The lowest BCUT2D eigenvalue weighted by atomic mass is 10.2. The van der Waals surface area contributed by atoms with E-state index in [0.717, 1.165) is 5.56 Å². The lowest BCUT2D eigenvalue weighted by Gasteiger charge is -2.08. The van der Waals surface area contributed by atoms with Crippen molar-refractivity contribution in [1.82, 2.24) is 10.2 Å². The van der Waals surface area contributed by atoms with Gasteiger partial charge in [0.2, 0.25) is 11.8 Å². The molecular weight excluding hydrogens is 376 g/mol. The number of halogens is 1. The number of rotatable bonds is 4. The smallest absolute Gasteiger partial charge is 0.323 e. The number of nitrogens with zero attached hydrogens (tertiary/aromatic N) is 2. The molecule has 2 N–H and O–H groups in total. The van der Waals surface area contributed by atoms with E-state index in [1.165, 1.54) is 0 Å². The van der Waals surface area contributed by atoms with Gasteiger partial charge < -0.3 is 15.1 Å². The fraction of sp³-hybridized carbons (Fsp3) is 0. The van der Waals surface area contributed by atoms with Crippen LogP contribution in [0.4, 0.5) is 16.2 Å². The summed E-state index contributed by atoms with van der Waals surface area (Å²) < 4.78 is 5.76. The van der Waals surface area contributed by atoms with Gasteiger partial charge in [0, 0.05) is 27.5 Å². The third kappa shape index (κ3) is 4.19. The summed E-state index contributed by atoms with van der Waals surface area (Å²) in [5.74, 6) is 0.811. The molecule has 0 atom stereocenters. The zero-order valence-corrected chi connectivity index (χ0v) is 15.4. The second-order valence-electron chi connectivity index (χ2n) is 5.95. The highest BCUT2D eigenvalue weighted by molar-refractivity contribution is 6.30. The summed E-state index contributed by atoms with van der Waals surface area (Å²) in [5, 5.41) is 14.2. The molecule has 4 rings (SSSR count). The molecule has 0 radical (unpaired) electrons. The molecule has 0 aliphatic rings. The molecule has 7 heteroatoms. The number of benzene rings is 3. The number of anilines is 2.